The van der Waals surface area contributed by atoms with E-state index in [1.54, 1.807) is 6.20 Å². The maximum Gasteiger partial charge on any atom is 0.416 e. The number of ether oxygens (including phenoxy) is 1. The predicted molar refractivity (Wildman–Crippen MR) is 99.5 cm³/mol. The number of likely N-dealkylation sites (N-methyl/N-ethyl adjacent to an activating group) is 1. The molecule has 2 aromatic rings. The van der Waals surface area contributed by atoms with Crippen LogP contribution in [0.2, 0.25) is 0 Å². The van der Waals surface area contributed by atoms with Crippen molar-refractivity contribution >= 4 is 0 Å². The first-order valence-electron chi connectivity index (χ1n) is 9.16. The summed E-state index contributed by atoms with van der Waals surface area (Å²) in [6, 6.07) is 5.17. The quantitative estimate of drug-likeness (QED) is 0.637. The Hall–Kier alpha value is -1.86. The van der Waals surface area contributed by atoms with Gasteiger partial charge in [0.05, 0.1) is 12.2 Å². The van der Waals surface area contributed by atoms with Crippen LogP contribution in [0.3, 0.4) is 0 Å². The Morgan fingerprint density at radius 3 is 2.30 bits per heavy atom. The van der Waals surface area contributed by atoms with Crippen LogP contribution in [0, 0.1) is 0 Å². The number of imidazole rings is 1. The summed E-state index contributed by atoms with van der Waals surface area (Å²) >= 11 is 0. The lowest BCUT2D eigenvalue weighted by atomic mass is 9.93. The van der Waals surface area contributed by atoms with Crippen LogP contribution >= 0.6 is 0 Å². The number of hydrogen-bond acceptors (Lipinski definition) is 3. The molecule has 2 rings (SSSR count). The summed E-state index contributed by atoms with van der Waals surface area (Å²) in [6.07, 6.45) is 1.27. The van der Waals surface area contributed by atoms with Crippen molar-refractivity contribution in [1.29, 1.82) is 0 Å². The first-order valence-corrected chi connectivity index (χ1v) is 9.16. The number of alkyl halides is 3. The second kappa shape index (κ2) is 8.89. The molecule has 0 aliphatic rings. The number of halogens is 3. The van der Waals surface area contributed by atoms with Crippen LogP contribution < -0.4 is 0 Å². The maximum atomic E-state index is 12.9. The van der Waals surface area contributed by atoms with Crippen molar-refractivity contribution in [2.75, 3.05) is 27.2 Å². The lowest BCUT2D eigenvalue weighted by Crippen LogP contribution is -2.34. The molecule has 0 spiro atoms. The van der Waals surface area contributed by atoms with Crippen LogP contribution in [0.1, 0.15) is 43.6 Å². The molecule has 1 aromatic carbocycles. The summed E-state index contributed by atoms with van der Waals surface area (Å²) in [5.41, 5.74) is -0.952. The molecule has 7 heteroatoms. The minimum absolute atomic E-state index is 0.436. The van der Waals surface area contributed by atoms with Crippen LogP contribution in [-0.2, 0) is 23.1 Å². The molecular formula is C20H28F3N3O. The zero-order chi connectivity index (χ0) is 20.1. The number of nitrogens with zero attached hydrogens (tertiary/aromatic N) is 3. The molecule has 0 saturated heterocycles. The van der Waals surface area contributed by atoms with E-state index in [2.05, 4.69) is 11.9 Å². The van der Waals surface area contributed by atoms with Crippen molar-refractivity contribution < 1.29 is 17.9 Å². The number of unbranched alkanes of at least 4 members (excludes halogenated alkanes) is 1. The highest BCUT2D eigenvalue weighted by atomic mass is 19.4. The van der Waals surface area contributed by atoms with E-state index in [9.17, 15) is 13.2 Å². The predicted octanol–water partition coefficient (Wildman–Crippen LogP) is 4.54. The van der Waals surface area contributed by atoms with Crippen LogP contribution in [-0.4, -0.2) is 41.7 Å². The first kappa shape index (κ1) is 21.4. The third kappa shape index (κ3) is 5.32. The molecule has 1 atom stereocenters. The summed E-state index contributed by atoms with van der Waals surface area (Å²) in [5.74, 6) is 0.703. The lowest BCUT2D eigenvalue weighted by Gasteiger charge is -2.31. The van der Waals surface area contributed by atoms with Gasteiger partial charge in [0.1, 0.15) is 11.4 Å². The van der Waals surface area contributed by atoms with Gasteiger partial charge in [-0.3, -0.25) is 0 Å². The Morgan fingerprint density at radius 1 is 1.11 bits per heavy atom. The van der Waals surface area contributed by atoms with Crippen molar-refractivity contribution in [1.82, 2.24) is 14.5 Å². The van der Waals surface area contributed by atoms with E-state index in [1.165, 1.54) is 12.1 Å². The summed E-state index contributed by atoms with van der Waals surface area (Å²) in [6.45, 7) is 5.91. The van der Waals surface area contributed by atoms with Gasteiger partial charge < -0.3 is 14.2 Å². The van der Waals surface area contributed by atoms with E-state index < -0.39 is 17.3 Å². The Balaban J connectivity index is 2.39. The summed E-state index contributed by atoms with van der Waals surface area (Å²) in [5, 5.41) is 0. The number of hydrogen-bond donors (Lipinski definition) is 0. The Bertz CT molecular complexity index is 710. The standard InChI is InChI=1S/C20H28F3N3O/c1-5-6-12-26-13-11-24-18(26)19(2,27-15-14-25(3)4)16-7-9-17(10-8-16)20(21,22)23/h7-11,13H,5-6,12,14-15H2,1-4H3. The number of rotatable bonds is 9. The van der Waals surface area contributed by atoms with Gasteiger partial charge in [-0.15, -0.1) is 0 Å². The number of aryl methyl sites for hydroxylation is 1. The highest BCUT2D eigenvalue weighted by Crippen LogP contribution is 2.35. The molecule has 0 amide bonds. The molecule has 27 heavy (non-hydrogen) atoms. The molecule has 0 N–H and O–H groups in total. The Morgan fingerprint density at radius 2 is 1.74 bits per heavy atom. The molecule has 0 fully saturated rings. The molecule has 0 bridgehead atoms. The van der Waals surface area contributed by atoms with E-state index >= 15 is 0 Å². The van der Waals surface area contributed by atoms with E-state index in [4.69, 9.17) is 4.74 Å². The van der Waals surface area contributed by atoms with Crippen molar-refractivity contribution in [3.63, 3.8) is 0 Å². The zero-order valence-electron chi connectivity index (χ0n) is 16.4. The first-order chi connectivity index (χ1) is 12.7. The van der Waals surface area contributed by atoms with Gasteiger partial charge in [-0.05, 0) is 45.1 Å². The largest absolute Gasteiger partial charge is 0.416 e. The van der Waals surface area contributed by atoms with Gasteiger partial charge in [0.2, 0.25) is 0 Å². The molecule has 1 aromatic heterocycles. The molecular weight excluding hydrogens is 355 g/mol. The molecule has 0 aliphatic carbocycles. The molecule has 1 unspecified atom stereocenters. The third-order valence-corrected chi connectivity index (χ3v) is 4.59. The SMILES string of the molecule is CCCCn1ccnc1C(C)(OCCN(C)C)c1ccc(C(F)(F)F)cc1. The topological polar surface area (TPSA) is 30.3 Å². The van der Waals surface area contributed by atoms with Crippen molar-refractivity contribution in [2.45, 2.75) is 45.0 Å². The summed E-state index contributed by atoms with van der Waals surface area (Å²) in [4.78, 5) is 6.49. The van der Waals surface area contributed by atoms with Crippen LogP contribution in [0.15, 0.2) is 36.7 Å². The summed E-state index contributed by atoms with van der Waals surface area (Å²) < 4.78 is 47.0. The van der Waals surface area contributed by atoms with Crippen molar-refractivity contribution in [3.05, 3.63) is 53.6 Å². The van der Waals surface area contributed by atoms with E-state index in [0.717, 1.165) is 31.5 Å². The second-order valence-corrected chi connectivity index (χ2v) is 7.06. The van der Waals surface area contributed by atoms with Gasteiger partial charge in [0, 0.05) is 25.5 Å². The minimum atomic E-state index is -4.36. The normalized spacial score (nSPS) is 14.5. The third-order valence-electron chi connectivity index (χ3n) is 4.59. The fraction of sp³-hybridized carbons (Fsp3) is 0.550. The molecule has 150 valence electrons. The van der Waals surface area contributed by atoms with Crippen LogP contribution in [0.4, 0.5) is 13.2 Å². The molecule has 0 saturated carbocycles. The van der Waals surface area contributed by atoms with Gasteiger partial charge in [-0.25, -0.2) is 4.98 Å². The monoisotopic (exact) mass is 383 g/mol. The average molecular weight is 383 g/mol. The fourth-order valence-electron chi connectivity index (χ4n) is 2.92. The van der Waals surface area contributed by atoms with Crippen molar-refractivity contribution in [2.24, 2.45) is 0 Å². The van der Waals surface area contributed by atoms with E-state index in [1.807, 2.05) is 36.7 Å². The highest BCUT2D eigenvalue weighted by Gasteiger charge is 2.36. The maximum absolute atomic E-state index is 12.9. The minimum Gasteiger partial charge on any atom is -0.361 e. The lowest BCUT2D eigenvalue weighted by molar-refractivity contribution is -0.137. The Kier molecular flexibility index (Phi) is 7.06. The zero-order valence-corrected chi connectivity index (χ0v) is 16.4. The molecule has 1 heterocycles. The fourth-order valence-corrected chi connectivity index (χ4v) is 2.92. The number of benzene rings is 1. The Labute approximate surface area is 159 Å². The number of aromatic nitrogens is 2. The smallest absolute Gasteiger partial charge is 0.361 e. The van der Waals surface area contributed by atoms with Crippen molar-refractivity contribution in [3.8, 4) is 0 Å². The average Bonchev–Trinajstić information content (AvgIpc) is 3.08. The highest BCUT2D eigenvalue weighted by molar-refractivity contribution is 5.33. The molecule has 0 aliphatic heterocycles. The van der Waals surface area contributed by atoms with E-state index in [0.29, 0.717) is 24.5 Å². The van der Waals surface area contributed by atoms with Crippen LogP contribution in [0.5, 0.6) is 0 Å². The molecule has 4 nitrogen and oxygen atoms in total. The van der Waals surface area contributed by atoms with Gasteiger partial charge in [0.25, 0.3) is 0 Å². The van der Waals surface area contributed by atoms with Gasteiger partial charge in [-0.2, -0.15) is 13.2 Å². The van der Waals surface area contributed by atoms with E-state index in [-0.39, 0.29) is 0 Å². The molecule has 0 radical (unpaired) electrons. The van der Waals surface area contributed by atoms with Gasteiger partial charge >= 0.3 is 6.18 Å². The van der Waals surface area contributed by atoms with Crippen LogP contribution in [0.25, 0.3) is 0 Å². The second-order valence-electron chi connectivity index (χ2n) is 7.06. The van der Waals surface area contributed by atoms with Gasteiger partial charge in [0.15, 0.2) is 0 Å². The van der Waals surface area contributed by atoms with Gasteiger partial charge in [-0.1, -0.05) is 25.5 Å². The summed E-state index contributed by atoms with van der Waals surface area (Å²) in [7, 11) is 3.89.